The van der Waals surface area contributed by atoms with Gasteiger partial charge in [-0.3, -0.25) is 0 Å². The molecule has 1 heterocycles. The van der Waals surface area contributed by atoms with Crippen LogP contribution in [0, 0.1) is 0 Å². The Morgan fingerprint density at radius 3 is 2.47 bits per heavy atom. The highest BCUT2D eigenvalue weighted by Crippen LogP contribution is 2.35. The molecule has 1 aromatic rings. The average molecular weight is 294 g/mol. The maximum atomic E-state index is 6.21. The molecule has 1 saturated carbocycles. The van der Waals surface area contributed by atoms with Gasteiger partial charge in [-0.05, 0) is 25.8 Å². The normalized spacial score (nSPS) is 16.5. The largest absolute Gasteiger partial charge is 0.353 e. The van der Waals surface area contributed by atoms with Gasteiger partial charge in [-0.1, -0.05) is 47.6 Å². The van der Waals surface area contributed by atoms with E-state index in [9.17, 15) is 0 Å². The molecule has 2 rings (SSSR count). The fourth-order valence-corrected chi connectivity index (χ4v) is 3.04. The lowest BCUT2D eigenvalue weighted by atomic mass is 10.2. The van der Waals surface area contributed by atoms with Crippen LogP contribution in [0.25, 0.3) is 0 Å². The standard InChI is InChI=1S/C12H15Cl3N2/c1-2-17(8-5-3-4-6-8)12-10(14)7-9(13)11(15)16-12/h7-8H,2-6H2,1H3. The molecule has 5 heteroatoms. The van der Waals surface area contributed by atoms with Gasteiger partial charge in [0.1, 0.15) is 11.0 Å². The lowest BCUT2D eigenvalue weighted by molar-refractivity contribution is 0.613. The van der Waals surface area contributed by atoms with Gasteiger partial charge in [0.15, 0.2) is 0 Å². The van der Waals surface area contributed by atoms with Gasteiger partial charge in [0.2, 0.25) is 0 Å². The molecule has 0 aromatic carbocycles. The predicted molar refractivity (Wildman–Crippen MR) is 74.5 cm³/mol. The summed E-state index contributed by atoms with van der Waals surface area (Å²) < 4.78 is 0. The van der Waals surface area contributed by atoms with Crippen molar-refractivity contribution in [1.82, 2.24) is 4.98 Å². The van der Waals surface area contributed by atoms with Gasteiger partial charge in [-0.25, -0.2) is 4.98 Å². The minimum absolute atomic E-state index is 0.322. The van der Waals surface area contributed by atoms with Crippen LogP contribution in [0.4, 0.5) is 5.82 Å². The van der Waals surface area contributed by atoms with Crippen LogP contribution in [0.15, 0.2) is 6.07 Å². The Bertz CT molecular complexity index is 403. The molecule has 1 aliphatic rings. The van der Waals surface area contributed by atoms with E-state index in [-0.39, 0.29) is 0 Å². The van der Waals surface area contributed by atoms with Crippen LogP contribution in [0.1, 0.15) is 32.6 Å². The van der Waals surface area contributed by atoms with Crippen molar-refractivity contribution in [3.63, 3.8) is 0 Å². The molecule has 0 atom stereocenters. The molecule has 0 radical (unpaired) electrons. The Morgan fingerprint density at radius 1 is 1.24 bits per heavy atom. The summed E-state index contributed by atoms with van der Waals surface area (Å²) in [5, 5.41) is 1.30. The molecule has 0 aliphatic heterocycles. The van der Waals surface area contributed by atoms with Crippen molar-refractivity contribution in [2.45, 2.75) is 38.6 Å². The molecular weight excluding hydrogens is 279 g/mol. The van der Waals surface area contributed by atoms with Gasteiger partial charge < -0.3 is 4.90 Å². The van der Waals surface area contributed by atoms with Gasteiger partial charge in [0.05, 0.1) is 10.0 Å². The van der Waals surface area contributed by atoms with E-state index in [0.29, 0.717) is 21.2 Å². The van der Waals surface area contributed by atoms with Crippen molar-refractivity contribution in [2.75, 3.05) is 11.4 Å². The Hall–Kier alpha value is -0.180. The first-order valence-corrected chi connectivity index (χ1v) is 7.05. The number of rotatable bonds is 3. The van der Waals surface area contributed by atoms with Crippen LogP contribution in [-0.2, 0) is 0 Å². The summed E-state index contributed by atoms with van der Waals surface area (Å²) in [4.78, 5) is 6.55. The zero-order valence-corrected chi connectivity index (χ0v) is 12.0. The average Bonchev–Trinajstić information content (AvgIpc) is 2.80. The number of nitrogens with zero attached hydrogens (tertiary/aromatic N) is 2. The quantitative estimate of drug-likeness (QED) is 0.743. The third-order valence-electron chi connectivity index (χ3n) is 3.25. The van der Waals surface area contributed by atoms with Gasteiger partial charge >= 0.3 is 0 Å². The zero-order valence-electron chi connectivity index (χ0n) is 9.72. The Kier molecular flexibility index (Phi) is 4.40. The first-order valence-electron chi connectivity index (χ1n) is 5.91. The highest BCUT2D eigenvalue weighted by Gasteiger charge is 2.24. The monoisotopic (exact) mass is 292 g/mol. The van der Waals surface area contributed by atoms with Gasteiger partial charge in [0, 0.05) is 12.6 Å². The molecule has 94 valence electrons. The molecular formula is C12H15Cl3N2. The summed E-state index contributed by atoms with van der Waals surface area (Å²) in [5.41, 5.74) is 0. The Labute approximate surface area is 117 Å². The Balaban J connectivity index is 2.32. The first-order chi connectivity index (χ1) is 8.13. The summed E-state index contributed by atoms with van der Waals surface area (Å²) in [6.45, 7) is 2.99. The molecule has 1 aromatic heterocycles. The molecule has 0 unspecified atom stereocenters. The zero-order chi connectivity index (χ0) is 12.4. The van der Waals surface area contributed by atoms with Crippen molar-refractivity contribution in [3.05, 3.63) is 21.3 Å². The minimum Gasteiger partial charge on any atom is -0.353 e. The SMILES string of the molecule is CCN(c1nc(Cl)c(Cl)cc1Cl)C1CCCC1. The van der Waals surface area contributed by atoms with E-state index in [4.69, 9.17) is 34.8 Å². The summed E-state index contributed by atoms with van der Waals surface area (Å²) in [6.07, 6.45) is 4.96. The third kappa shape index (κ3) is 2.81. The van der Waals surface area contributed by atoms with Crippen LogP contribution in [0.3, 0.4) is 0 Å². The predicted octanol–water partition coefficient (Wildman–Crippen LogP) is 4.81. The van der Waals surface area contributed by atoms with E-state index in [1.807, 2.05) is 0 Å². The molecule has 0 spiro atoms. The molecule has 0 N–H and O–H groups in total. The second-order valence-electron chi connectivity index (χ2n) is 4.29. The lowest BCUT2D eigenvalue weighted by Crippen LogP contribution is -2.33. The number of anilines is 1. The maximum Gasteiger partial charge on any atom is 0.150 e. The van der Waals surface area contributed by atoms with Crippen LogP contribution in [-0.4, -0.2) is 17.6 Å². The maximum absolute atomic E-state index is 6.21. The van der Waals surface area contributed by atoms with Crippen LogP contribution < -0.4 is 4.90 Å². The highest BCUT2D eigenvalue weighted by molar-refractivity contribution is 6.42. The second kappa shape index (κ2) is 5.64. The summed E-state index contributed by atoms with van der Waals surface area (Å²) in [7, 11) is 0. The smallest absolute Gasteiger partial charge is 0.150 e. The molecule has 1 aliphatic carbocycles. The summed E-state index contributed by atoms with van der Waals surface area (Å²) >= 11 is 18.1. The summed E-state index contributed by atoms with van der Waals surface area (Å²) in [5.74, 6) is 0.760. The third-order valence-corrected chi connectivity index (χ3v) is 4.20. The van der Waals surface area contributed by atoms with Crippen molar-refractivity contribution < 1.29 is 0 Å². The second-order valence-corrected chi connectivity index (χ2v) is 5.46. The topological polar surface area (TPSA) is 16.1 Å². The molecule has 2 nitrogen and oxygen atoms in total. The number of hydrogen-bond donors (Lipinski definition) is 0. The molecule has 0 saturated heterocycles. The van der Waals surface area contributed by atoms with E-state index in [0.717, 1.165) is 12.4 Å². The number of aromatic nitrogens is 1. The van der Waals surface area contributed by atoms with Gasteiger partial charge in [-0.2, -0.15) is 0 Å². The number of pyridine rings is 1. The fourth-order valence-electron chi connectivity index (χ4n) is 2.43. The van der Waals surface area contributed by atoms with E-state index >= 15 is 0 Å². The molecule has 0 bridgehead atoms. The molecule has 0 amide bonds. The fraction of sp³-hybridized carbons (Fsp3) is 0.583. The van der Waals surface area contributed by atoms with Crippen LogP contribution >= 0.6 is 34.8 Å². The first kappa shape index (κ1) is 13.3. The number of hydrogen-bond acceptors (Lipinski definition) is 2. The van der Waals surface area contributed by atoms with E-state index in [1.54, 1.807) is 6.07 Å². The van der Waals surface area contributed by atoms with E-state index in [2.05, 4.69) is 16.8 Å². The van der Waals surface area contributed by atoms with E-state index < -0.39 is 0 Å². The van der Waals surface area contributed by atoms with Crippen LogP contribution in [0.2, 0.25) is 15.2 Å². The Morgan fingerprint density at radius 2 is 1.88 bits per heavy atom. The van der Waals surface area contributed by atoms with E-state index in [1.165, 1.54) is 25.7 Å². The van der Waals surface area contributed by atoms with Crippen molar-refractivity contribution in [1.29, 1.82) is 0 Å². The van der Waals surface area contributed by atoms with Crippen molar-refractivity contribution in [3.8, 4) is 0 Å². The summed E-state index contributed by atoms with van der Waals surface area (Å²) in [6, 6.07) is 2.20. The van der Waals surface area contributed by atoms with Crippen molar-refractivity contribution >= 4 is 40.6 Å². The van der Waals surface area contributed by atoms with Gasteiger partial charge in [0.25, 0.3) is 0 Å². The van der Waals surface area contributed by atoms with Crippen molar-refractivity contribution in [2.24, 2.45) is 0 Å². The minimum atomic E-state index is 0.322. The molecule has 17 heavy (non-hydrogen) atoms. The number of halogens is 3. The molecule has 1 fully saturated rings. The highest BCUT2D eigenvalue weighted by atomic mass is 35.5. The van der Waals surface area contributed by atoms with Crippen LogP contribution in [0.5, 0.6) is 0 Å². The lowest BCUT2D eigenvalue weighted by Gasteiger charge is -2.29. The van der Waals surface area contributed by atoms with Gasteiger partial charge in [-0.15, -0.1) is 0 Å².